The van der Waals surface area contributed by atoms with E-state index in [0.717, 1.165) is 42.9 Å². The molecule has 0 unspecified atom stereocenters. The molecule has 2 aromatic carbocycles. The van der Waals surface area contributed by atoms with Crippen molar-refractivity contribution >= 4 is 11.9 Å². The van der Waals surface area contributed by atoms with Crippen LogP contribution in [0, 0.1) is 0 Å². The average Bonchev–Trinajstić information content (AvgIpc) is 2.66. The molecule has 0 saturated carbocycles. The van der Waals surface area contributed by atoms with Gasteiger partial charge in [0.15, 0.2) is 5.78 Å². The number of hydrogen-bond acceptors (Lipinski definition) is 4. The highest BCUT2D eigenvalue weighted by atomic mass is 16.5. The van der Waals surface area contributed by atoms with Gasteiger partial charge in [-0.15, -0.1) is 0 Å². The average molecular weight is 352 g/mol. The molecule has 0 bridgehead atoms. The molecule has 0 aliphatic rings. The Morgan fingerprint density at radius 1 is 1.15 bits per heavy atom. The second-order valence-electron chi connectivity index (χ2n) is 6.50. The van der Waals surface area contributed by atoms with Crippen LogP contribution in [0.4, 0.5) is 0 Å². The zero-order valence-electron chi connectivity index (χ0n) is 15.9. The van der Waals surface area contributed by atoms with Gasteiger partial charge in [-0.2, -0.15) is 0 Å². The summed E-state index contributed by atoms with van der Waals surface area (Å²) in [5, 5.41) is 3.42. The van der Waals surface area contributed by atoms with Crippen LogP contribution in [0.2, 0.25) is 0 Å². The predicted octanol–water partition coefficient (Wildman–Crippen LogP) is 3.63. The number of methoxy groups -OCH3 is 1. The van der Waals surface area contributed by atoms with Crippen molar-refractivity contribution in [1.29, 1.82) is 0 Å². The number of ketones is 1. The molecule has 1 N–H and O–H groups in total. The van der Waals surface area contributed by atoms with Crippen molar-refractivity contribution in [2.75, 3.05) is 34.3 Å². The van der Waals surface area contributed by atoms with Crippen LogP contribution in [0.15, 0.2) is 54.6 Å². The summed E-state index contributed by atoms with van der Waals surface area (Å²) >= 11 is 0. The number of carbonyl (C=O) groups is 1. The molecular formula is C22H28N2O2. The molecule has 138 valence electrons. The van der Waals surface area contributed by atoms with Gasteiger partial charge in [-0.3, -0.25) is 4.79 Å². The lowest BCUT2D eigenvalue weighted by Gasteiger charge is -2.10. The normalized spacial score (nSPS) is 11.2. The summed E-state index contributed by atoms with van der Waals surface area (Å²) in [5.41, 5.74) is 2.80. The van der Waals surface area contributed by atoms with Gasteiger partial charge in [-0.25, -0.2) is 0 Å². The Hall–Kier alpha value is -2.43. The summed E-state index contributed by atoms with van der Waals surface area (Å²) in [6.45, 7) is 2.81. The lowest BCUT2D eigenvalue weighted by molar-refractivity contribution is 0.104. The molecule has 0 aliphatic carbocycles. The highest BCUT2D eigenvalue weighted by Gasteiger charge is 2.03. The minimum atomic E-state index is 0.00951. The molecule has 2 aromatic rings. The number of benzene rings is 2. The first-order valence-electron chi connectivity index (χ1n) is 8.89. The topological polar surface area (TPSA) is 41.6 Å². The van der Waals surface area contributed by atoms with Gasteiger partial charge in [-0.1, -0.05) is 36.4 Å². The van der Waals surface area contributed by atoms with Gasteiger partial charge < -0.3 is 15.0 Å². The fourth-order valence-electron chi connectivity index (χ4n) is 2.57. The first-order chi connectivity index (χ1) is 12.6. The van der Waals surface area contributed by atoms with Crippen LogP contribution in [0.3, 0.4) is 0 Å². The molecule has 2 rings (SSSR count). The van der Waals surface area contributed by atoms with E-state index in [0.29, 0.717) is 5.56 Å². The molecule has 0 saturated heterocycles. The lowest BCUT2D eigenvalue weighted by Crippen LogP contribution is -2.21. The van der Waals surface area contributed by atoms with Crippen molar-refractivity contribution in [1.82, 2.24) is 10.2 Å². The zero-order valence-corrected chi connectivity index (χ0v) is 15.9. The second-order valence-corrected chi connectivity index (χ2v) is 6.50. The van der Waals surface area contributed by atoms with Crippen molar-refractivity contribution in [2.45, 2.75) is 13.0 Å². The third-order valence-corrected chi connectivity index (χ3v) is 4.04. The maximum Gasteiger partial charge on any atom is 0.185 e. The molecule has 0 aromatic heterocycles. The van der Waals surface area contributed by atoms with Crippen LogP contribution in [-0.4, -0.2) is 45.0 Å². The maximum atomic E-state index is 12.4. The molecule has 26 heavy (non-hydrogen) atoms. The standard InChI is InChI=1S/C22H28N2O2/c1-24(2)15-5-14-23-17-19-6-4-7-20(16-19)22(25)13-10-18-8-11-21(26-3)12-9-18/h4,6-13,16,23H,5,14-15,17H2,1-3H3/b13-10+. The van der Waals surface area contributed by atoms with Gasteiger partial charge in [-0.05, 0) is 69.0 Å². The summed E-state index contributed by atoms with van der Waals surface area (Å²) in [5.74, 6) is 0.814. The summed E-state index contributed by atoms with van der Waals surface area (Å²) < 4.78 is 5.14. The second kappa shape index (κ2) is 10.5. The first kappa shape index (κ1) is 19.9. The Kier molecular flexibility index (Phi) is 8.06. The van der Waals surface area contributed by atoms with E-state index in [1.54, 1.807) is 13.2 Å². The molecular weight excluding hydrogens is 324 g/mol. The van der Waals surface area contributed by atoms with Crippen LogP contribution in [0.25, 0.3) is 6.08 Å². The summed E-state index contributed by atoms with van der Waals surface area (Å²) in [6.07, 6.45) is 4.55. The highest BCUT2D eigenvalue weighted by molar-refractivity contribution is 6.06. The number of nitrogens with one attached hydrogen (secondary N) is 1. The Bertz CT molecular complexity index is 721. The van der Waals surface area contributed by atoms with Crippen LogP contribution in [-0.2, 0) is 6.54 Å². The Labute approximate surface area is 156 Å². The van der Waals surface area contributed by atoms with E-state index in [4.69, 9.17) is 4.74 Å². The maximum absolute atomic E-state index is 12.4. The van der Waals surface area contributed by atoms with Gasteiger partial charge in [0.05, 0.1) is 7.11 Å². The van der Waals surface area contributed by atoms with Crippen molar-refractivity contribution in [3.05, 3.63) is 71.3 Å². The van der Waals surface area contributed by atoms with Crippen LogP contribution < -0.4 is 10.1 Å². The van der Waals surface area contributed by atoms with Crippen LogP contribution in [0.1, 0.15) is 27.9 Å². The Morgan fingerprint density at radius 3 is 2.62 bits per heavy atom. The summed E-state index contributed by atoms with van der Waals surface area (Å²) in [4.78, 5) is 14.6. The van der Waals surface area contributed by atoms with Crippen molar-refractivity contribution < 1.29 is 9.53 Å². The van der Waals surface area contributed by atoms with Gasteiger partial charge in [0.2, 0.25) is 0 Å². The number of nitrogens with zero attached hydrogens (tertiary/aromatic N) is 1. The van der Waals surface area contributed by atoms with E-state index in [1.807, 2.05) is 54.6 Å². The number of hydrogen-bond donors (Lipinski definition) is 1. The molecule has 0 amide bonds. The largest absolute Gasteiger partial charge is 0.497 e. The van der Waals surface area contributed by atoms with Gasteiger partial charge in [0.1, 0.15) is 5.75 Å². The van der Waals surface area contributed by atoms with Crippen molar-refractivity contribution in [2.24, 2.45) is 0 Å². The molecule has 0 radical (unpaired) electrons. The zero-order chi connectivity index (χ0) is 18.8. The third kappa shape index (κ3) is 6.82. The molecule has 0 heterocycles. The monoisotopic (exact) mass is 352 g/mol. The molecule has 0 aliphatic heterocycles. The highest BCUT2D eigenvalue weighted by Crippen LogP contribution is 2.13. The lowest BCUT2D eigenvalue weighted by atomic mass is 10.1. The Morgan fingerprint density at radius 2 is 1.92 bits per heavy atom. The molecule has 4 nitrogen and oxygen atoms in total. The quantitative estimate of drug-likeness (QED) is 0.403. The third-order valence-electron chi connectivity index (χ3n) is 4.04. The van der Waals surface area contributed by atoms with Crippen molar-refractivity contribution in [3.63, 3.8) is 0 Å². The number of rotatable bonds is 10. The molecule has 0 spiro atoms. The summed E-state index contributed by atoms with van der Waals surface area (Å²) in [6, 6.07) is 15.4. The molecule has 0 fully saturated rings. The van der Waals surface area contributed by atoms with Gasteiger partial charge >= 0.3 is 0 Å². The fraction of sp³-hybridized carbons (Fsp3) is 0.318. The number of ether oxygens (including phenoxy) is 1. The van der Waals surface area contributed by atoms with Gasteiger partial charge in [0.25, 0.3) is 0 Å². The SMILES string of the molecule is COc1ccc(/C=C/C(=O)c2cccc(CNCCCN(C)C)c2)cc1. The van der Waals surface area contributed by atoms with E-state index < -0.39 is 0 Å². The summed E-state index contributed by atoms with van der Waals surface area (Å²) in [7, 11) is 5.79. The van der Waals surface area contributed by atoms with E-state index in [2.05, 4.69) is 24.3 Å². The molecule has 4 heteroatoms. The first-order valence-corrected chi connectivity index (χ1v) is 8.89. The number of allylic oxidation sites excluding steroid dienone is 1. The van der Waals surface area contributed by atoms with E-state index in [1.165, 1.54) is 0 Å². The Balaban J connectivity index is 1.89. The minimum absolute atomic E-state index is 0.00951. The van der Waals surface area contributed by atoms with E-state index in [9.17, 15) is 4.79 Å². The van der Waals surface area contributed by atoms with E-state index >= 15 is 0 Å². The van der Waals surface area contributed by atoms with Crippen molar-refractivity contribution in [3.8, 4) is 5.75 Å². The number of carbonyl (C=O) groups excluding carboxylic acids is 1. The fourth-order valence-corrected chi connectivity index (χ4v) is 2.57. The minimum Gasteiger partial charge on any atom is -0.497 e. The van der Waals surface area contributed by atoms with Crippen LogP contribution >= 0.6 is 0 Å². The predicted molar refractivity (Wildman–Crippen MR) is 108 cm³/mol. The van der Waals surface area contributed by atoms with Crippen LogP contribution in [0.5, 0.6) is 5.75 Å². The van der Waals surface area contributed by atoms with Gasteiger partial charge in [0, 0.05) is 12.1 Å². The molecule has 0 atom stereocenters. The van der Waals surface area contributed by atoms with E-state index in [-0.39, 0.29) is 5.78 Å². The smallest absolute Gasteiger partial charge is 0.185 e.